The molecule has 8 nitrogen and oxygen atoms in total. The van der Waals surface area contributed by atoms with Crippen LogP contribution in [0.5, 0.6) is 0 Å². The quantitative estimate of drug-likeness (QED) is 0.561. The molecule has 2 amide bonds. The first-order chi connectivity index (χ1) is 7.91. The van der Waals surface area contributed by atoms with Gasteiger partial charge in [-0.25, -0.2) is 4.98 Å². The first-order valence-electron chi connectivity index (χ1n) is 4.78. The predicted octanol–water partition coefficient (Wildman–Crippen LogP) is -1.73. The SMILES string of the molecule is CC(=O)CNC(=O)c1c(N)ncn1CC(N)=O. The van der Waals surface area contributed by atoms with Crippen LogP contribution in [-0.2, 0) is 16.1 Å². The molecule has 0 aliphatic heterocycles. The number of hydrogen-bond acceptors (Lipinski definition) is 5. The maximum atomic E-state index is 11.7. The molecule has 0 saturated carbocycles. The van der Waals surface area contributed by atoms with E-state index in [2.05, 4.69) is 10.3 Å². The number of Topliss-reactive ketones (excluding diaryl/α,β-unsaturated/α-hetero) is 1. The Kier molecular flexibility index (Phi) is 3.81. The van der Waals surface area contributed by atoms with Gasteiger partial charge >= 0.3 is 0 Å². The van der Waals surface area contributed by atoms with Gasteiger partial charge in [0.05, 0.1) is 12.9 Å². The average Bonchev–Trinajstić information content (AvgIpc) is 2.55. The Morgan fingerprint density at radius 1 is 1.47 bits per heavy atom. The third kappa shape index (κ3) is 3.30. The van der Waals surface area contributed by atoms with Crippen LogP contribution in [0.25, 0.3) is 0 Å². The lowest BCUT2D eigenvalue weighted by Gasteiger charge is -2.06. The zero-order chi connectivity index (χ0) is 13.0. The zero-order valence-electron chi connectivity index (χ0n) is 9.27. The molecule has 1 rings (SSSR count). The summed E-state index contributed by atoms with van der Waals surface area (Å²) in [5.74, 6) is -1.41. The third-order valence-corrected chi connectivity index (χ3v) is 1.91. The molecule has 92 valence electrons. The number of rotatable bonds is 5. The number of hydrogen-bond donors (Lipinski definition) is 3. The number of ketones is 1. The van der Waals surface area contributed by atoms with E-state index in [0.29, 0.717) is 0 Å². The lowest BCUT2D eigenvalue weighted by atomic mass is 10.3. The van der Waals surface area contributed by atoms with E-state index in [0.717, 1.165) is 0 Å². The van der Waals surface area contributed by atoms with Crippen molar-refractivity contribution in [1.29, 1.82) is 0 Å². The maximum Gasteiger partial charge on any atom is 0.272 e. The standard InChI is InChI=1S/C9H13N5O3/c1-5(15)2-12-9(17)7-8(11)13-4-14(7)3-6(10)16/h4H,2-3,11H2,1H3,(H2,10,16)(H,12,17). The fourth-order valence-corrected chi connectivity index (χ4v) is 1.22. The van der Waals surface area contributed by atoms with Crippen LogP contribution in [-0.4, -0.2) is 33.7 Å². The molecule has 0 fully saturated rings. The Morgan fingerprint density at radius 2 is 2.12 bits per heavy atom. The number of nitrogen functional groups attached to an aromatic ring is 1. The molecule has 0 spiro atoms. The van der Waals surface area contributed by atoms with Crippen molar-refractivity contribution in [2.45, 2.75) is 13.5 Å². The Labute approximate surface area is 97.0 Å². The van der Waals surface area contributed by atoms with Gasteiger partial charge in [-0.2, -0.15) is 0 Å². The number of carbonyl (C=O) groups excluding carboxylic acids is 3. The minimum Gasteiger partial charge on any atom is -0.382 e. The molecule has 1 heterocycles. The fourth-order valence-electron chi connectivity index (χ4n) is 1.22. The number of amides is 2. The number of nitrogens with one attached hydrogen (secondary N) is 1. The molecule has 0 bridgehead atoms. The molecule has 1 aromatic heterocycles. The highest BCUT2D eigenvalue weighted by molar-refractivity contribution is 5.98. The van der Waals surface area contributed by atoms with E-state index in [1.165, 1.54) is 17.8 Å². The Morgan fingerprint density at radius 3 is 2.65 bits per heavy atom. The lowest BCUT2D eigenvalue weighted by Crippen LogP contribution is -2.31. The van der Waals surface area contributed by atoms with Crippen LogP contribution >= 0.6 is 0 Å². The molecule has 5 N–H and O–H groups in total. The van der Waals surface area contributed by atoms with Crippen molar-refractivity contribution in [3.8, 4) is 0 Å². The van der Waals surface area contributed by atoms with Gasteiger partial charge in [0, 0.05) is 0 Å². The van der Waals surface area contributed by atoms with Crippen LogP contribution in [0.1, 0.15) is 17.4 Å². The Balaban J connectivity index is 2.87. The topological polar surface area (TPSA) is 133 Å². The van der Waals surface area contributed by atoms with Crippen molar-refractivity contribution in [1.82, 2.24) is 14.9 Å². The molecule has 8 heteroatoms. The highest BCUT2D eigenvalue weighted by Crippen LogP contribution is 2.09. The molecular formula is C9H13N5O3. The molecule has 0 saturated heterocycles. The molecule has 0 aromatic carbocycles. The minimum absolute atomic E-state index is 0.0186. The summed E-state index contributed by atoms with van der Waals surface area (Å²) in [6, 6.07) is 0. The number of nitrogens with two attached hydrogens (primary N) is 2. The van der Waals surface area contributed by atoms with Crippen LogP contribution in [0.15, 0.2) is 6.33 Å². The van der Waals surface area contributed by atoms with Crippen LogP contribution in [0, 0.1) is 0 Å². The normalized spacial score (nSPS) is 9.94. The van der Waals surface area contributed by atoms with Crippen molar-refractivity contribution in [2.24, 2.45) is 5.73 Å². The number of nitrogens with zero attached hydrogens (tertiary/aromatic N) is 2. The zero-order valence-corrected chi connectivity index (χ0v) is 9.27. The number of primary amides is 1. The monoisotopic (exact) mass is 239 g/mol. The van der Waals surface area contributed by atoms with E-state index in [9.17, 15) is 14.4 Å². The van der Waals surface area contributed by atoms with Gasteiger partial charge in [-0.3, -0.25) is 14.4 Å². The smallest absolute Gasteiger partial charge is 0.272 e. The van der Waals surface area contributed by atoms with Gasteiger partial charge in [-0.15, -0.1) is 0 Å². The van der Waals surface area contributed by atoms with Gasteiger partial charge in [0.2, 0.25) is 5.91 Å². The van der Waals surface area contributed by atoms with E-state index >= 15 is 0 Å². The van der Waals surface area contributed by atoms with Crippen molar-refractivity contribution in [2.75, 3.05) is 12.3 Å². The van der Waals surface area contributed by atoms with Crippen LogP contribution in [0.2, 0.25) is 0 Å². The van der Waals surface area contributed by atoms with E-state index in [1.54, 1.807) is 0 Å². The van der Waals surface area contributed by atoms with Crippen molar-refractivity contribution >= 4 is 23.4 Å². The Hall–Kier alpha value is -2.38. The first-order valence-corrected chi connectivity index (χ1v) is 4.78. The molecule has 17 heavy (non-hydrogen) atoms. The summed E-state index contributed by atoms with van der Waals surface area (Å²) < 4.78 is 1.23. The third-order valence-electron chi connectivity index (χ3n) is 1.91. The van der Waals surface area contributed by atoms with E-state index in [4.69, 9.17) is 11.5 Å². The predicted molar refractivity (Wildman–Crippen MR) is 58.8 cm³/mol. The second-order valence-corrected chi connectivity index (χ2v) is 3.46. The highest BCUT2D eigenvalue weighted by Gasteiger charge is 2.17. The van der Waals surface area contributed by atoms with E-state index in [-0.39, 0.29) is 30.4 Å². The second kappa shape index (κ2) is 5.10. The number of imidazole rings is 1. The lowest BCUT2D eigenvalue weighted by molar-refractivity contribution is -0.118. The molecule has 0 radical (unpaired) electrons. The second-order valence-electron chi connectivity index (χ2n) is 3.46. The summed E-state index contributed by atoms with van der Waals surface area (Å²) in [6.07, 6.45) is 1.24. The van der Waals surface area contributed by atoms with Gasteiger partial charge < -0.3 is 21.4 Å². The van der Waals surface area contributed by atoms with Crippen molar-refractivity contribution in [3.05, 3.63) is 12.0 Å². The fraction of sp³-hybridized carbons (Fsp3) is 0.333. The van der Waals surface area contributed by atoms with Gasteiger partial charge in [0.1, 0.15) is 12.3 Å². The van der Waals surface area contributed by atoms with E-state index in [1.807, 2.05) is 0 Å². The summed E-state index contributed by atoms with van der Waals surface area (Å²) in [5, 5.41) is 2.36. The number of anilines is 1. The summed E-state index contributed by atoms with van der Waals surface area (Å²) in [4.78, 5) is 36.9. The molecule has 0 aliphatic carbocycles. The summed E-state index contributed by atoms with van der Waals surface area (Å²) in [5.41, 5.74) is 10.5. The molecule has 0 aliphatic rings. The van der Waals surface area contributed by atoms with Crippen LogP contribution in [0.3, 0.4) is 0 Å². The number of carbonyl (C=O) groups is 3. The molecular weight excluding hydrogens is 226 g/mol. The highest BCUT2D eigenvalue weighted by atomic mass is 16.2. The summed E-state index contributed by atoms with van der Waals surface area (Å²) in [7, 11) is 0. The van der Waals surface area contributed by atoms with Crippen molar-refractivity contribution in [3.63, 3.8) is 0 Å². The minimum atomic E-state index is -0.622. The summed E-state index contributed by atoms with van der Waals surface area (Å²) >= 11 is 0. The van der Waals surface area contributed by atoms with Gasteiger partial charge in [-0.05, 0) is 6.92 Å². The van der Waals surface area contributed by atoms with E-state index < -0.39 is 11.8 Å². The molecule has 0 atom stereocenters. The molecule has 1 aromatic rings. The number of aromatic nitrogens is 2. The van der Waals surface area contributed by atoms with Gasteiger partial charge in [0.25, 0.3) is 5.91 Å². The average molecular weight is 239 g/mol. The maximum absolute atomic E-state index is 11.7. The Bertz CT molecular complexity index is 465. The van der Waals surface area contributed by atoms with Gasteiger partial charge in [-0.1, -0.05) is 0 Å². The van der Waals surface area contributed by atoms with Gasteiger partial charge in [0.15, 0.2) is 11.5 Å². The van der Waals surface area contributed by atoms with Crippen molar-refractivity contribution < 1.29 is 14.4 Å². The molecule has 0 unspecified atom stereocenters. The van der Waals surface area contributed by atoms with Crippen LogP contribution in [0.4, 0.5) is 5.82 Å². The summed E-state index contributed by atoms with van der Waals surface area (Å²) in [6.45, 7) is 1.03. The largest absolute Gasteiger partial charge is 0.382 e. The first kappa shape index (κ1) is 12.7. The van der Waals surface area contributed by atoms with Crippen LogP contribution < -0.4 is 16.8 Å².